The maximum atomic E-state index is 11.7. The van der Waals surface area contributed by atoms with Crippen molar-refractivity contribution in [3.8, 4) is 0 Å². The number of aromatic nitrogens is 2. The molecule has 0 fully saturated rings. The standard InChI is InChI=1S/C21H20Cl3N3O3/c1-2-17(30-18(29)11-28)13-5-6-14(23)19-20(13)27-9-3-8-26(21(27)25-19)16-7-4-12(22)10-15(16)24/h4-7,10,17,28H,2-3,8-9,11H2,1H3. The van der Waals surface area contributed by atoms with Crippen LogP contribution in [0.2, 0.25) is 15.1 Å². The van der Waals surface area contributed by atoms with E-state index in [0.717, 1.165) is 42.2 Å². The molecule has 6 nitrogen and oxygen atoms in total. The zero-order valence-corrected chi connectivity index (χ0v) is 18.5. The molecule has 1 unspecified atom stereocenters. The summed E-state index contributed by atoms with van der Waals surface area (Å²) < 4.78 is 7.55. The second-order valence-corrected chi connectivity index (χ2v) is 8.29. The Kier molecular flexibility index (Phi) is 6.11. The lowest BCUT2D eigenvalue weighted by atomic mass is 10.0. The van der Waals surface area contributed by atoms with Gasteiger partial charge in [-0.2, -0.15) is 0 Å². The fourth-order valence-electron chi connectivity index (χ4n) is 3.88. The first-order valence-corrected chi connectivity index (χ1v) is 10.8. The molecule has 0 spiro atoms. The molecule has 0 amide bonds. The third kappa shape index (κ3) is 3.73. The van der Waals surface area contributed by atoms with Crippen LogP contribution in [0.4, 0.5) is 11.6 Å². The lowest BCUT2D eigenvalue weighted by Gasteiger charge is -2.30. The SMILES string of the molecule is CCC(OC(=O)CO)c1ccc(Cl)c2nc3n(c12)CCCN3c1ccc(Cl)cc1Cl. The largest absolute Gasteiger partial charge is 0.456 e. The van der Waals surface area contributed by atoms with Gasteiger partial charge in [-0.05, 0) is 37.1 Å². The predicted octanol–water partition coefficient (Wildman–Crippen LogP) is 5.52. The number of imidazole rings is 1. The van der Waals surface area contributed by atoms with E-state index in [4.69, 9.17) is 49.6 Å². The number of halogens is 3. The summed E-state index contributed by atoms with van der Waals surface area (Å²) in [5.74, 6) is 0.0519. The summed E-state index contributed by atoms with van der Waals surface area (Å²) in [5.41, 5.74) is 3.08. The summed E-state index contributed by atoms with van der Waals surface area (Å²) in [7, 11) is 0. The van der Waals surface area contributed by atoms with E-state index in [1.54, 1.807) is 18.2 Å². The fraction of sp³-hybridized carbons (Fsp3) is 0.333. The van der Waals surface area contributed by atoms with Crippen molar-refractivity contribution in [2.24, 2.45) is 0 Å². The molecule has 0 radical (unpaired) electrons. The number of nitrogens with zero attached hydrogens (tertiary/aromatic N) is 3. The van der Waals surface area contributed by atoms with Crippen LogP contribution in [-0.2, 0) is 16.1 Å². The van der Waals surface area contributed by atoms with E-state index in [2.05, 4.69) is 4.57 Å². The van der Waals surface area contributed by atoms with Gasteiger partial charge < -0.3 is 19.3 Å². The molecule has 30 heavy (non-hydrogen) atoms. The van der Waals surface area contributed by atoms with Gasteiger partial charge in [-0.25, -0.2) is 9.78 Å². The van der Waals surface area contributed by atoms with Crippen molar-refractivity contribution in [2.75, 3.05) is 18.1 Å². The first-order chi connectivity index (χ1) is 14.4. The van der Waals surface area contributed by atoms with Crippen LogP contribution in [-0.4, -0.2) is 33.8 Å². The van der Waals surface area contributed by atoms with Crippen LogP contribution in [0.3, 0.4) is 0 Å². The smallest absolute Gasteiger partial charge is 0.332 e. The number of hydrogen-bond donors (Lipinski definition) is 1. The van der Waals surface area contributed by atoms with Gasteiger partial charge in [0.1, 0.15) is 18.2 Å². The van der Waals surface area contributed by atoms with Gasteiger partial charge in [0.15, 0.2) is 0 Å². The fourth-order valence-corrected chi connectivity index (χ4v) is 4.58. The van der Waals surface area contributed by atoms with Crippen molar-refractivity contribution in [1.29, 1.82) is 0 Å². The Balaban J connectivity index is 1.88. The van der Waals surface area contributed by atoms with Crippen LogP contribution in [0.5, 0.6) is 0 Å². The van der Waals surface area contributed by atoms with Crippen LogP contribution in [0, 0.1) is 0 Å². The Morgan fingerprint density at radius 3 is 2.70 bits per heavy atom. The molecular weight excluding hydrogens is 449 g/mol. The number of aliphatic hydroxyl groups excluding tert-OH is 1. The second kappa shape index (κ2) is 8.63. The Hall–Kier alpha value is -1.99. The lowest BCUT2D eigenvalue weighted by Crippen LogP contribution is -2.28. The quantitative estimate of drug-likeness (QED) is 0.499. The predicted molar refractivity (Wildman–Crippen MR) is 119 cm³/mol. The molecule has 9 heteroatoms. The number of carbonyl (C=O) groups excluding carboxylic acids is 1. The third-order valence-electron chi connectivity index (χ3n) is 5.18. The number of aryl methyl sites for hydroxylation is 1. The van der Waals surface area contributed by atoms with Crippen molar-refractivity contribution in [3.63, 3.8) is 0 Å². The zero-order valence-electron chi connectivity index (χ0n) is 16.2. The summed E-state index contributed by atoms with van der Waals surface area (Å²) in [4.78, 5) is 18.6. The molecule has 3 aromatic rings. The molecule has 158 valence electrons. The van der Waals surface area contributed by atoms with Crippen LogP contribution in [0.25, 0.3) is 11.0 Å². The van der Waals surface area contributed by atoms with E-state index in [9.17, 15) is 4.79 Å². The highest BCUT2D eigenvalue weighted by molar-refractivity contribution is 6.36. The van der Waals surface area contributed by atoms with Crippen molar-refractivity contribution in [1.82, 2.24) is 9.55 Å². The van der Waals surface area contributed by atoms with E-state index < -0.39 is 18.7 Å². The summed E-state index contributed by atoms with van der Waals surface area (Å²) in [5, 5.41) is 10.7. The number of hydrogen-bond acceptors (Lipinski definition) is 5. The van der Waals surface area contributed by atoms with E-state index >= 15 is 0 Å². The normalized spacial score (nSPS) is 14.6. The molecule has 1 aliphatic heterocycles. The van der Waals surface area contributed by atoms with Gasteiger partial charge in [0.05, 0.1) is 21.2 Å². The van der Waals surface area contributed by atoms with Crippen molar-refractivity contribution < 1.29 is 14.6 Å². The monoisotopic (exact) mass is 467 g/mol. The highest BCUT2D eigenvalue weighted by Gasteiger charge is 2.28. The maximum absolute atomic E-state index is 11.7. The van der Waals surface area contributed by atoms with Crippen molar-refractivity contribution in [3.05, 3.63) is 51.0 Å². The molecule has 0 saturated carbocycles. The minimum absolute atomic E-state index is 0.514. The van der Waals surface area contributed by atoms with E-state index in [0.29, 0.717) is 27.0 Å². The van der Waals surface area contributed by atoms with Gasteiger partial charge in [0.2, 0.25) is 5.95 Å². The van der Waals surface area contributed by atoms with Gasteiger partial charge in [-0.1, -0.05) is 47.8 Å². The lowest BCUT2D eigenvalue weighted by molar-refractivity contribution is -0.152. The van der Waals surface area contributed by atoms with E-state index in [1.807, 2.05) is 24.0 Å². The zero-order chi connectivity index (χ0) is 21.4. The minimum Gasteiger partial charge on any atom is -0.456 e. The molecule has 0 bridgehead atoms. The topological polar surface area (TPSA) is 67.6 Å². The Morgan fingerprint density at radius 2 is 2.00 bits per heavy atom. The molecule has 0 aliphatic carbocycles. The number of esters is 1. The first kappa shape index (κ1) is 21.2. The highest BCUT2D eigenvalue weighted by Crippen LogP contribution is 2.41. The molecule has 0 saturated heterocycles. The van der Waals surface area contributed by atoms with Crippen LogP contribution in [0.15, 0.2) is 30.3 Å². The highest BCUT2D eigenvalue weighted by atomic mass is 35.5. The summed E-state index contributed by atoms with van der Waals surface area (Å²) >= 11 is 19.0. The number of carbonyl (C=O) groups is 1. The number of ether oxygens (including phenoxy) is 1. The Labute approximate surface area is 188 Å². The van der Waals surface area contributed by atoms with Gasteiger partial charge in [-0.15, -0.1) is 0 Å². The third-order valence-corrected chi connectivity index (χ3v) is 6.03. The average molecular weight is 469 g/mol. The van der Waals surface area contributed by atoms with E-state index in [-0.39, 0.29) is 0 Å². The molecule has 1 N–H and O–H groups in total. The summed E-state index contributed by atoms with van der Waals surface area (Å²) in [6.07, 6.45) is 0.909. The molecule has 1 aromatic heterocycles. The van der Waals surface area contributed by atoms with Gasteiger partial charge in [-0.3, -0.25) is 0 Å². The minimum atomic E-state index is -0.669. The molecular formula is C21H20Cl3N3O3. The average Bonchev–Trinajstić information content (AvgIpc) is 3.13. The molecule has 1 aliphatic rings. The summed E-state index contributed by atoms with van der Waals surface area (Å²) in [6, 6.07) is 8.99. The van der Waals surface area contributed by atoms with Gasteiger partial charge >= 0.3 is 5.97 Å². The molecule has 4 rings (SSSR count). The van der Waals surface area contributed by atoms with Gasteiger partial charge in [0.25, 0.3) is 0 Å². The van der Waals surface area contributed by atoms with E-state index in [1.165, 1.54) is 0 Å². The number of benzene rings is 2. The van der Waals surface area contributed by atoms with Crippen LogP contribution in [0.1, 0.15) is 31.4 Å². The number of fused-ring (bicyclic) bond motifs is 3. The van der Waals surface area contributed by atoms with Crippen molar-refractivity contribution >= 4 is 63.4 Å². The summed E-state index contributed by atoms with van der Waals surface area (Å²) in [6.45, 7) is 2.74. The first-order valence-electron chi connectivity index (χ1n) is 9.66. The number of aliphatic hydroxyl groups is 1. The molecule has 2 heterocycles. The second-order valence-electron chi connectivity index (χ2n) is 7.04. The number of anilines is 2. The Bertz CT molecular complexity index is 1120. The van der Waals surface area contributed by atoms with Crippen LogP contribution >= 0.6 is 34.8 Å². The van der Waals surface area contributed by atoms with Crippen molar-refractivity contribution in [2.45, 2.75) is 32.4 Å². The maximum Gasteiger partial charge on any atom is 0.332 e. The van der Waals surface area contributed by atoms with Crippen LogP contribution < -0.4 is 4.90 Å². The number of rotatable bonds is 5. The molecule has 2 aromatic carbocycles. The molecule has 1 atom stereocenters. The Morgan fingerprint density at radius 1 is 1.20 bits per heavy atom. The van der Waals surface area contributed by atoms with Gasteiger partial charge in [0, 0.05) is 23.7 Å².